The molecule has 0 amide bonds. The number of rotatable bonds is 6. The van der Waals surface area contributed by atoms with Crippen molar-refractivity contribution in [3.05, 3.63) is 58.2 Å². The Labute approximate surface area is 124 Å². The van der Waals surface area contributed by atoms with Crippen LogP contribution in [0.3, 0.4) is 0 Å². The van der Waals surface area contributed by atoms with Gasteiger partial charge in [0.15, 0.2) is 0 Å². The van der Waals surface area contributed by atoms with Gasteiger partial charge in [0.2, 0.25) is 5.88 Å². The van der Waals surface area contributed by atoms with Gasteiger partial charge in [-0.1, -0.05) is 36.7 Å². The molecule has 1 N–H and O–H groups in total. The Kier molecular flexibility index (Phi) is 5.39. The van der Waals surface area contributed by atoms with Crippen molar-refractivity contribution in [2.45, 2.75) is 26.5 Å². The number of ether oxygens (including phenoxy) is 1. The first-order chi connectivity index (χ1) is 9.72. The molecule has 0 saturated heterocycles. The first-order valence-corrected chi connectivity index (χ1v) is 7.11. The van der Waals surface area contributed by atoms with Crippen molar-refractivity contribution in [2.75, 3.05) is 7.05 Å². The molecule has 0 spiro atoms. The largest absolute Gasteiger partial charge is 0.473 e. The molecule has 0 saturated carbocycles. The van der Waals surface area contributed by atoms with E-state index in [4.69, 9.17) is 16.3 Å². The zero-order chi connectivity index (χ0) is 14.4. The van der Waals surface area contributed by atoms with E-state index >= 15 is 0 Å². The number of aryl methyl sites for hydroxylation is 1. The van der Waals surface area contributed by atoms with Gasteiger partial charge in [-0.15, -0.1) is 0 Å². The highest BCUT2D eigenvalue weighted by Crippen LogP contribution is 2.19. The standard InChI is InChI=1S/C16H19ClN2O/c1-3-14-8-12(10-18-2)9-16(19-14)20-11-13-6-4-5-7-15(13)17/h4-9,18H,3,10-11H2,1-2H3. The van der Waals surface area contributed by atoms with E-state index < -0.39 is 0 Å². The molecule has 0 aliphatic heterocycles. The molecule has 0 aliphatic carbocycles. The van der Waals surface area contributed by atoms with Gasteiger partial charge in [-0.2, -0.15) is 0 Å². The fourth-order valence-corrected chi connectivity index (χ4v) is 2.14. The van der Waals surface area contributed by atoms with Gasteiger partial charge in [-0.3, -0.25) is 0 Å². The van der Waals surface area contributed by atoms with Gasteiger partial charge in [0.05, 0.1) is 0 Å². The summed E-state index contributed by atoms with van der Waals surface area (Å²) in [6.45, 7) is 3.32. The molecule has 1 aromatic carbocycles. The molecule has 4 heteroatoms. The summed E-state index contributed by atoms with van der Waals surface area (Å²) in [5.74, 6) is 0.648. The highest BCUT2D eigenvalue weighted by molar-refractivity contribution is 6.31. The minimum Gasteiger partial charge on any atom is -0.473 e. The Balaban J connectivity index is 2.12. The predicted molar refractivity (Wildman–Crippen MR) is 82.2 cm³/mol. The van der Waals surface area contributed by atoms with E-state index in [2.05, 4.69) is 23.3 Å². The van der Waals surface area contributed by atoms with E-state index in [1.807, 2.05) is 37.4 Å². The van der Waals surface area contributed by atoms with E-state index in [-0.39, 0.29) is 0 Å². The molecular formula is C16H19ClN2O. The molecule has 3 nitrogen and oxygen atoms in total. The SMILES string of the molecule is CCc1cc(CNC)cc(OCc2ccccc2Cl)n1. The van der Waals surface area contributed by atoms with Crippen LogP contribution in [0, 0.1) is 0 Å². The topological polar surface area (TPSA) is 34.1 Å². The molecule has 0 atom stereocenters. The lowest BCUT2D eigenvalue weighted by Gasteiger charge is -2.10. The third kappa shape index (κ3) is 3.95. The number of nitrogens with zero attached hydrogens (tertiary/aromatic N) is 1. The third-order valence-corrected chi connectivity index (χ3v) is 3.36. The second kappa shape index (κ2) is 7.27. The van der Waals surface area contributed by atoms with Crippen LogP contribution in [0.2, 0.25) is 5.02 Å². The summed E-state index contributed by atoms with van der Waals surface area (Å²) in [6.07, 6.45) is 0.889. The minimum atomic E-state index is 0.429. The smallest absolute Gasteiger partial charge is 0.214 e. The Morgan fingerprint density at radius 2 is 2.05 bits per heavy atom. The second-order valence-corrected chi connectivity index (χ2v) is 4.98. The lowest BCUT2D eigenvalue weighted by molar-refractivity contribution is 0.292. The maximum atomic E-state index is 6.12. The molecule has 1 heterocycles. The zero-order valence-electron chi connectivity index (χ0n) is 11.8. The van der Waals surface area contributed by atoms with Gasteiger partial charge < -0.3 is 10.1 Å². The fraction of sp³-hybridized carbons (Fsp3) is 0.312. The molecule has 106 valence electrons. The van der Waals surface area contributed by atoms with E-state index in [0.717, 1.165) is 29.2 Å². The Hall–Kier alpha value is -1.58. The summed E-state index contributed by atoms with van der Waals surface area (Å²) in [7, 11) is 1.93. The number of halogens is 1. The summed E-state index contributed by atoms with van der Waals surface area (Å²) in [5, 5.41) is 3.86. The maximum absolute atomic E-state index is 6.12. The van der Waals surface area contributed by atoms with Crippen LogP contribution in [0.5, 0.6) is 5.88 Å². The molecule has 0 unspecified atom stereocenters. The number of benzene rings is 1. The van der Waals surface area contributed by atoms with Crippen LogP contribution in [-0.4, -0.2) is 12.0 Å². The minimum absolute atomic E-state index is 0.429. The maximum Gasteiger partial charge on any atom is 0.214 e. The molecule has 0 radical (unpaired) electrons. The van der Waals surface area contributed by atoms with Crippen LogP contribution in [0.4, 0.5) is 0 Å². The van der Waals surface area contributed by atoms with Gasteiger partial charge in [-0.05, 0) is 31.2 Å². The monoisotopic (exact) mass is 290 g/mol. The zero-order valence-corrected chi connectivity index (χ0v) is 12.6. The molecule has 0 bridgehead atoms. The predicted octanol–water partition coefficient (Wildman–Crippen LogP) is 3.60. The van der Waals surface area contributed by atoms with Gasteiger partial charge in [0.25, 0.3) is 0 Å². The number of aromatic nitrogens is 1. The summed E-state index contributed by atoms with van der Waals surface area (Å²) >= 11 is 6.12. The van der Waals surface area contributed by atoms with E-state index in [9.17, 15) is 0 Å². The summed E-state index contributed by atoms with van der Waals surface area (Å²) < 4.78 is 5.78. The van der Waals surface area contributed by atoms with Gasteiger partial charge in [-0.25, -0.2) is 4.98 Å². The van der Waals surface area contributed by atoms with E-state index in [0.29, 0.717) is 12.5 Å². The van der Waals surface area contributed by atoms with Crippen molar-refractivity contribution in [2.24, 2.45) is 0 Å². The average molecular weight is 291 g/mol. The van der Waals surface area contributed by atoms with Crippen molar-refractivity contribution in [3.63, 3.8) is 0 Å². The first kappa shape index (κ1) is 14.8. The number of pyridine rings is 1. The quantitative estimate of drug-likeness (QED) is 0.883. The van der Waals surface area contributed by atoms with Crippen LogP contribution in [0.25, 0.3) is 0 Å². The highest BCUT2D eigenvalue weighted by atomic mass is 35.5. The summed E-state index contributed by atoms with van der Waals surface area (Å²) in [4.78, 5) is 4.49. The van der Waals surface area contributed by atoms with Crippen molar-refractivity contribution < 1.29 is 4.74 Å². The molecule has 2 rings (SSSR count). The van der Waals surface area contributed by atoms with Gasteiger partial charge in [0, 0.05) is 28.9 Å². The molecule has 2 aromatic rings. The molecule has 1 aromatic heterocycles. The molecule has 0 aliphatic rings. The average Bonchev–Trinajstić information content (AvgIpc) is 2.46. The Morgan fingerprint density at radius 3 is 2.75 bits per heavy atom. The summed E-state index contributed by atoms with van der Waals surface area (Å²) in [6, 6.07) is 11.7. The van der Waals surface area contributed by atoms with Gasteiger partial charge in [0.1, 0.15) is 6.61 Å². The van der Waals surface area contributed by atoms with Crippen molar-refractivity contribution in [1.29, 1.82) is 0 Å². The Bertz CT molecular complexity index is 572. The molecule has 20 heavy (non-hydrogen) atoms. The molecule has 0 fully saturated rings. The van der Waals surface area contributed by atoms with Crippen LogP contribution < -0.4 is 10.1 Å². The third-order valence-electron chi connectivity index (χ3n) is 2.99. The van der Waals surface area contributed by atoms with Crippen molar-refractivity contribution >= 4 is 11.6 Å². The van der Waals surface area contributed by atoms with Crippen molar-refractivity contribution in [3.8, 4) is 5.88 Å². The lowest BCUT2D eigenvalue weighted by Crippen LogP contribution is -2.07. The van der Waals surface area contributed by atoms with E-state index in [1.54, 1.807) is 0 Å². The first-order valence-electron chi connectivity index (χ1n) is 6.73. The van der Waals surface area contributed by atoms with Crippen LogP contribution >= 0.6 is 11.6 Å². The van der Waals surface area contributed by atoms with Crippen LogP contribution in [-0.2, 0) is 19.6 Å². The number of nitrogens with one attached hydrogen (secondary N) is 1. The van der Waals surface area contributed by atoms with Crippen LogP contribution in [0.15, 0.2) is 36.4 Å². The number of hydrogen-bond donors (Lipinski definition) is 1. The van der Waals surface area contributed by atoms with Crippen LogP contribution in [0.1, 0.15) is 23.7 Å². The normalized spacial score (nSPS) is 10.6. The van der Waals surface area contributed by atoms with E-state index in [1.165, 1.54) is 5.56 Å². The lowest BCUT2D eigenvalue weighted by atomic mass is 10.2. The second-order valence-electron chi connectivity index (χ2n) is 4.57. The number of hydrogen-bond acceptors (Lipinski definition) is 3. The fourth-order valence-electron chi connectivity index (χ4n) is 1.95. The van der Waals surface area contributed by atoms with Crippen molar-refractivity contribution in [1.82, 2.24) is 10.3 Å². The highest BCUT2D eigenvalue weighted by Gasteiger charge is 2.05. The summed E-state index contributed by atoms with van der Waals surface area (Å²) in [5.41, 5.74) is 3.17. The molecular weight excluding hydrogens is 272 g/mol. The Morgan fingerprint density at radius 1 is 1.25 bits per heavy atom. The van der Waals surface area contributed by atoms with Gasteiger partial charge >= 0.3 is 0 Å².